The van der Waals surface area contributed by atoms with Gasteiger partial charge in [0.2, 0.25) is 5.91 Å². The average Bonchev–Trinajstić information content (AvgIpc) is 2.36. The fraction of sp³-hybridized carbons (Fsp3) is 0.462. The fourth-order valence-corrected chi connectivity index (χ4v) is 1.67. The van der Waals surface area contributed by atoms with E-state index >= 15 is 0 Å². The molecule has 110 valence electrons. The topological polar surface area (TPSA) is 120 Å². The molecule has 7 nitrogen and oxygen atoms in total. The van der Waals surface area contributed by atoms with Crippen LogP contribution in [0.2, 0.25) is 0 Å². The standard InChI is InChI=1S/C13H20N4O3/c1-4-20-13(19)9-5-8(14)6-16-12(9)17-10(7(2)3)11(15)18/h5-7,10H,4,14H2,1-3H3,(H2,15,18)(H,16,17). The van der Waals surface area contributed by atoms with Gasteiger partial charge in [-0.2, -0.15) is 0 Å². The summed E-state index contributed by atoms with van der Waals surface area (Å²) in [6, 6.07) is 0.811. The molecule has 0 aromatic carbocycles. The van der Waals surface area contributed by atoms with Crippen molar-refractivity contribution in [1.29, 1.82) is 0 Å². The predicted octanol–water partition coefficient (Wildman–Crippen LogP) is 0.762. The zero-order valence-corrected chi connectivity index (χ0v) is 11.8. The lowest BCUT2D eigenvalue weighted by Gasteiger charge is -2.21. The van der Waals surface area contributed by atoms with E-state index in [0.29, 0.717) is 5.69 Å². The number of pyridine rings is 1. The van der Waals surface area contributed by atoms with E-state index < -0.39 is 17.9 Å². The summed E-state index contributed by atoms with van der Waals surface area (Å²) in [6.45, 7) is 5.61. The van der Waals surface area contributed by atoms with Gasteiger partial charge in [0.25, 0.3) is 0 Å². The zero-order valence-electron chi connectivity index (χ0n) is 11.8. The Labute approximate surface area is 117 Å². The molecule has 0 aliphatic heterocycles. The van der Waals surface area contributed by atoms with Gasteiger partial charge in [0.15, 0.2) is 0 Å². The highest BCUT2D eigenvalue weighted by Gasteiger charge is 2.23. The van der Waals surface area contributed by atoms with Crippen LogP contribution in [0.15, 0.2) is 12.3 Å². The molecule has 1 atom stereocenters. The maximum absolute atomic E-state index is 11.9. The molecule has 0 aliphatic rings. The molecule has 0 radical (unpaired) electrons. The summed E-state index contributed by atoms with van der Waals surface area (Å²) in [5.74, 6) is -0.896. The molecule has 20 heavy (non-hydrogen) atoms. The van der Waals surface area contributed by atoms with Crippen LogP contribution in [0.5, 0.6) is 0 Å². The number of amides is 1. The quantitative estimate of drug-likeness (QED) is 0.662. The maximum atomic E-state index is 11.9. The van der Waals surface area contributed by atoms with E-state index in [1.807, 2.05) is 13.8 Å². The number of nitrogens with zero attached hydrogens (tertiary/aromatic N) is 1. The number of hydrogen-bond acceptors (Lipinski definition) is 6. The Morgan fingerprint density at radius 2 is 2.10 bits per heavy atom. The Bertz CT molecular complexity index is 502. The molecule has 1 aromatic rings. The number of aromatic nitrogens is 1. The van der Waals surface area contributed by atoms with Crippen LogP contribution in [-0.4, -0.2) is 29.5 Å². The van der Waals surface area contributed by atoms with Crippen LogP contribution in [0.4, 0.5) is 11.5 Å². The predicted molar refractivity (Wildman–Crippen MR) is 76.0 cm³/mol. The SMILES string of the molecule is CCOC(=O)c1cc(N)cnc1NC(C(N)=O)C(C)C. The minimum atomic E-state index is -0.640. The molecular formula is C13H20N4O3. The number of primary amides is 1. The van der Waals surface area contributed by atoms with Crippen LogP contribution in [-0.2, 0) is 9.53 Å². The van der Waals surface area contributed by atoms with E-state index in [-0.39, 0.29) is 23.9 Å². The molecular weight excluding hydrogens is 260 g/mol. The van der Waals surface area contributed by atoms with Gasteiger partial charge >= 0.3 is 5.97 Å². The summed E-state index contributed by atoms with van der Waals surface area (Å²) < 4.78 is 4.94. The van der Waals surface area contributed by atoms with Crippen LogP contribution in [0.3, 0.4) is 0 Å². The third-order valence-corrected chi connectivity index (χ3v) is 2.67. The van der Waals surface area contributed by atoms with Crippen LogP contribution in [0.1, 0.15) is 31.1 Å². The summed E-state index contributed by atoms with van der Waals surface area (Å²) in [4.78, 5) is 27.3. The molecule has 0 saturated carbocycles. The number of nitrogens with one attached hydrogen (secondary N) is 1. The Kier molecular flexibility index (Phi) is 5.31. The lowest BCUT2D eigenvalue weighted by atomic mass is 10.0. The van der Waals surface area contributed by atoms with Gasteiger partial charge in [-0.15, -0.1) is 0 Å². The maximum Gasteiger partial charge on any atom is 0.341 e. The van der Waals surface area contributed by atoms with Crippen molar-refractivity contribution < 1.29 is 14.3 Å². The number of hydrogen-bond donors (Lipinski definition) is 3. The lowest BCUT2D eigenvalue weighted by molar-refractivity contribution is -0.119. The van der Waals surface area contributed by atoms with Crippen molar-refractivity contribution in [3.05, 3.63) is 17.8 Å². The molecule has 7 heteroatoms. The van der Waals surface area contributed by atoms with E-state index in [1.54, 1.807) is 6.92 Å². The van der Waals surface area contributed by atoms with Gasteiger partial charge in [-0.25, -0.2) is 9.78 Å². The van der Waals surface area contributed by atoms with Crippen molar-refractivity contribution in [2.45, 2.75) is 26.8 Å². The molecule has 1 amide bonds. The highest BCUT2D eigenvalue weighted by Crippen LogP contribution is 2.19. The molecule has 0 saturated heterocycles. The van der Waals surface area contributed by atoms with E-state index in [2.05, 4.69) is 10.3 Å². The average molecular weight is 280 g/mol. The highest BCUT2D eigenvalue weighted by atomic mass is 16.5. The second-order valence-corrected chi connectivity index (χ2v) is 4.65. The first-order chi connectivity index (χ1) is 9.36. The van der Waals surface area contributed by atoms with Crippen molar-refractivity contribution in [2.24, 2.45) is 11.7 Å². The van der Waals surface area contributed by atoms with E-state index in [0.717, 1.165) is 0 Å². The fourth-order valence-electron chi connectivity index (χ4n) is 1.67. The van der Waals surface area contributed by atoms with Crippen molar-refractivity contribution >= 4 is 23.4 Å². The van der Waals surface area contributed by atoms with Crippen molar-refractivity contribution in [3.63, 3.8) is 0 Å². The molecule has 0 aliphatic carbocycles. The monoisotopic (exact) mass is 280 g/mol. The van der Waals surface area contributed by atoms with Gasteiger partial charge in [-0.05, 0) is 18.9 Å². The molecule has 1 unspecified atom stereocenters. The van der Waals surface area contributed by atoms with Crippen LogP contribution >= 0.6 is 0 Å². The van der Waals surface area contributed by atoms with Crippen LogP contribution < -0.4 is 16.8 Å². The van der Waals surface area contributed by atoms with Gasteiger partial charge < -0.3 is 21.5 Å². The number of anilines is 2. The van der Waals surface area contributed by atoms with E-state index in [4.69, 9.17) is 16.2 Å². The summed E-state index contributed by atoms with van der Waals surface area (Å²) in [5, 5.41) is 2.87. The second-order valence-electron chi connectivity index (χ2n) is 4.65. The molecule has 5 N–H and O–H groups in total. The summed E-state index contributed by atoms with van der Waals surface area (Å²) >= 11 is 0. The van der Waals surface area contributed by atoms with Gasteiger partial charge in [0, 0.05) is 0 Å². The number of carbonyl (C=O) groups excluding carboxylic acids is 2. The summed E-state index contributed by atoms with van der Waals surface area (Å²) in [7, 11) is 0. The van der Waals surface area contributed by atoms with Crippen LogP contribution in [0, 0.1) is 5.92 Å². The Morgan fingerprint density at radius 1 is 1.45 bits per heavy atom. The largest absolute Gasteiger partial charge is 0.462 e. The van der Waals surface area contributed by atoms with Gasteiger partial charge in [0.05, 0.1) is 18.5 Å². The number of ether oxygens (including phenoxy) is 1. The van der Waals surface area contributed by atoms with Crippen molar-refractivity contribution in [2.75, 3.05) is 17.7 Å². The third-order valence-electron chi connectivity index (χ3n) is 2.67. The third kappa shape index (κ3) is 3.84. The van der Waals surface area contributed by atoms with Gasteiger partial charge in [0.1, 0.15) is 17.4 Å². The van der Waals surface area contributed by atoms with Gasteiger partial charge in [-0.3, -0.25) is 4.79 Å². The number of nitrogen functional groups attached to an aromatic ring is 1. The minimum Gasteiger partial charge on any atom is -0.462 e. The number of nitrogens with two attached hydrogens (primary N) is 2. The molecule has 0 spiro atoms. The Hall–Kier alpha value is -2.31. The molecule has 0 fully saturated rings. The van der Waals surface area contributed by atoms with E-state index in [9.17, 15) is 9.59 Å². The lowest BCUT2D eigenvalue weighted by Crippen LogP contribution is -2.40. The van der Waals surface area contributed by atoms with Gasteiger partial charge in [-0.1, -0.05) is 13.8 Å². The second kappa shape index (κ2) is 6.74. The van der Waals surface area contributed by atoms with E-state index in [1.165, 1.54) is 12.3 Å². The highest BCUT2D eigenvalue weighted by molar-refractivity contribution is 5.96. The number of esters is 1. The molecule has 1 rings (SSSR count). The smallest absolute Gasteiger partial charge is 0.341 e. The Morgan fingerprint density at radius 3 is 2.60 bits per heavy atom. The number of rotatable bonds is 6. The number of carbonyl (C=O) groups is 2. The molecule has 1 heterocycles. The first kappa shape index (κ1) is 15.7. The van der Waals surface area contributed by atoms with Crippen molar-refractivity contribution in [3.8, 4) is 0 Å². The van der Waals surface area contributed by atoms with Crippen LogP contribution in [0.25, 0.3) is 0 Å². The molecule has 0 bridgehead atoms. The Balaban J connectivity index is 3.10. The zero-order chi connectivity index (χ0) is 15.3. The first-order valence-electron chi connectivity index (χ1n) is 6.35. The summed E-state index contributed by atoms with van der Waals surface area (Å²) in [6.07, 6.45) is 1.39. The van der Waals surface area contributed by atoms with Crippen molar-refractivity contribution in [1.82, 2.24) is 4.98 Å². The summed E-state index contributed by atoms with van der Waals surface area (Å²) in [5.41, 5.74) is 11.5. The first-order valence-corrected chi connectivity index (χ1v) is 6.35. The molecule has 1 aromatic heterocycles. The minimum absolute atomic E-state index is 0.0538. The normalized spacial score (nSPS) is 12.0.